The Balaban J connectivity index is 2.16. The van der Waals surface area contributed by atoms with Crippen LogP contribution in [0.25, 0.3) is 11.2 Å². The first-order chi connectivity index (χ1) is 10.0. The summed E-state index contributed by atoms with van der Waals surface area (Å²) in [6.07, 6.45) is 0.991. The first kappa shape index (κ1) is 13.9. The minimum Gasteiger partial charge on any atom is -0.337 e. The van der Waals surface area contributed by atoms with Crippen molar-refractivity contribution in [3.05, 3.63) is 20.8 Å². The topological polar surface area (TPSA) is 88.0 Å². The lowest BCUT2D eigenvalue weighted by Crippen LogP contribution is -2.58. The van der Waals surface area contributed by atoms with Crippen molar-refractivity contribution < 1.29 is 0 Å². The standard InChI is InChI=1S/C13H20N6O2/c1-4-5-19(8-6-14-7-8)12-15-9-10(16-12)17(2)13(21)18(3)11(9)20/h8,14H,4-7H2,1-3H3,(H,15,16). The first-order valence-electron chi connectivity index (χ1n) is 7.17. The molecular formula is C13H20N6O2. The molecule has 1 saturated heterocycles. The average Bonchev–Trinajstić information content (AvgIpc) is 2.85. The van der Waals surface area contributed by atoms with Gasteiger partial charge in [0.05, 0.1) is 6.04 Å². The Morgan fingerprint density at radius 2 is 2.00 bits per heavy atom. The number of fused-ring (bicyclic) bond motifs is 1. The van der Waals surface area contributed by atoms with E-state index in [0.29, 0.717) is 23.2 Å². The zero-order valence-corrected chi connectivity index (χ0v) is 12.5. The van der Waals surface area contributed by atoms with Crippen molar-refractivity contribution in [3.63, 3.8) is 0 Å². The molecular weight excluding hydrogens is 272 g/mol. The highest BCUT2D eigenvalue weighted by Gasteiger charge is 2.27. The molecule has 0 saturated carbocycles. The van der Waals surface area contributed by atoms with E-state index in [4.69, 9.17) is 0 Å². The number of aryl methyl sites for hydroxylation is 1. The van der Waals surface area contributed by atoms with E-state index < -0.39 is 0 Å². The Hall–Kier alpha value is -2.09. The van der Waals surface area contributed by atoms with Crippen LogP contribution in [0.1, 0.15) is 13.3 Å². The molecule has 1 aliphatic heterocycles. The first-order valence-corrected chi connectivity index (χ1v) is 7.17. The van der Waals surface area contributed by atoms with Gasteiger partial charge < -0.3 is 15.2 Å². The maximum atomic E-state index is 12.2. The van der Waals surface area contributed by atoms with Gasteiger partial charge in [0, 0.05) is 33.7 Å². The number of aromatic nitrogens is 4. The number of rotatable bonds is 4. The molecule has 8 heteroatoms. The summed E-state index contributed by atoms with van der Waals surface area (Å²) in [7, 11) is 3.11. The van der Waals surface area contributed by atoms with Gasteiger partial charge in [-0.05, 0) is 6.42 Å². The molecule has 3 rings (SSSR count). The Labute approximate surface area is 121 Å². The van der Waals surface area contributed by atoms with Crippen LogP contribution in [0, 0.1) is 0 Å². The quantitative estimate of drug-likeness (QED) is 0.766. The van der Waals surface area contributed by atoms with Crippen LogP contribution < -0.4 is 21.5 Å². The molecule has 1 aliphatic rings. The summed E-state index contributed by atoms with van der Waals surface area (Å²) in [4.78, 5) is 33.9. The summed E-state index contributed by atoms with van der Waals surface area (Å²) >= 11 is 0. The van der Waals surface area contributed by atoms with E-state index in [1.165, 1.54) is 11.6 Å². The second kappa shape index (κ2) is 5.03. The molecule has 2 N–H and O–H groups in total. The van der Waals surface area contributed by atoms with Gasteiger partial charge in [0.15, 0.2) is 11.2 Å². The van der Waals surface area contributed by atoms with E-state index in [1.54, 1.807) is 7.05 Å². The fourth-order valence-electron chi connectivity index (χ4n) is 2.65. The number of imidazole rings is 1. The molecule has 2 aromatic rings. The molecule has 0 aromatic carbocycles. The maximum Gasteiger partial charge on any atom is 0.332 e. The van der Waals surface area contributed by atoms with Gasteiger partial charge in [-0.15, -0.1) is 0 Å². The van der Waals surface area contributed by atoms with Crippen LogP contribution in [-0.4, -0.2) is 44.8 Å². The van der Waals surface area contributed by atoms with E-state index >= 15 is 0 Å². The normalized spacial score (nSPS) is 15.4. The van der Waals surface area contributed by atoms with Crippen molar-refractivity contribution in [2.45, 2.75) is 19.4 Å². The molecule has 0 amide bonds. The highest BCUT2D eigenvalue weighted by atomic mass is 16.2. The lowest BCUT2D eigenvalue weighted by atomic mass is 10.1. The fraction of sp³-hybridized carbons (Fsp3) is 0.615. The van der Waals surface area contributed by atoms with Crippen LogP contribution >= 0.6 is 0 Å². The summed E-state index contributed by atoms with van der Waals surface area (Å²) in [6, 6.07) is 0.381. The van der Waals surface area contributed by atoms with E-state index in [-0.39, 0.29) is 11.2 Å². The minimum atomic E-state index is -0.363. The van der Waals surface area contributed by atoms with Crippen molar-refractivity contribution in [2.75, 3.05) is 24.5 Å². The third kappa shape index (κ3) is 2.06. The van der Waals surface area contributed by atoms with Gasteiger partial charge >= 0.3 is 5.69 Å². The lowest BCUT2D eigenvalue weighted by molar-refractivity contribution is 0.409. The summed E-state index contributed by atoms with van der Waals surface area (Å²) in [5.41, 5.74) is 0.0856. The van der Waals surface area contributed by atoms with Gasteiger partial charge in [0.25, 0.3) is 5.56 Å². The largest absolute Gasteiger partial charge is 0.337 e. The van der Waals surface area contributed by atoms with Gasteiger partial charge in [0.1, 0.15) is 0 Å². The smallest absolute Gasteiger partial charge is 0.332 e. The van der Waals surface area contributed by atoms with Crippen molar-refractivity contribution >= 4 is 17.1 Å². The fourth-order valence-corrected chi connectivity index (χ4v) is 2.65. The number of hydrogen-bond acceptors (Lipinski definition) is 5. The SMILES string of the molecule is CCCN(c1nc2c([nH]1)c(=O)n(C)c(=O)n2C)C1CNC1. The number of H-pyrrole nitrogens is 1. The van der Waals surface area contributed by atoms with Crippen molar-refractivity contribution in [3.8, 4) is 0 Å². The summed E-state index contributed by atoms with van der Waals surface area (Å²) in [5.74, 6) is 0.664. The van der Waals surface area contributed by atoms with Crippen LogP contribution in [-0.2, 0) is 14.1 Å². The predicted molar refractivity (Wildman–Crippen MR) is 80.9 cm³/mol. The third-order valence-corrected chi connectivity index (χ3v) is 4.02. The van der Waals surface area contributed by atoms with E-state index in [1.807, 2.05) is 0 Å². The van der Waals surface area contributed by atoms with Crippen molar-refractivity contribution in [2.24, 2.45) is 14.1 Å². The molecule has 0 bridgehead atoms. The van der Waals surface area contributed by atoms with E-state index in [9.17, 15) is 9.59 Å². The number of nitrogens with zero attached hydrogens (tertiary/aromatic N) is 4. The molecule has 0 unspecified atom stereocenters. The van der Waals surface area contributed by atoms with Crippen molar-refractivity contribution in [1.82, 2.24) is 24.4 Å². The molecule has 0 spiro atoms. The van der Waals surface area contributed by atoms with Crippen LogP contribution in [0.4, 0.5) is 5.95 Å². The molecule has 0 atom stereocenters. The summed E-state index contributed by atoms with van der Waals surface area (Å²) < 4.78 is 2.50. The molecule has 1 fully saturated rings. The average molecular weight is 292 g/mol. The molecule has 0 radical (unpaired) electrons. The van der Waals surface area contributed by atoms with Gasteiger partial charge in [-0.25, -0.2) is 4.79 Å². The Morgan fingerprint density at radius 3 is 2.57 bits per heavy atom. The highest BCUT2D eigenvalue weighted by Crippen LogP contribution is 2.18. The molecule has 21 heavy (non-hydrogen) atoms. The van der Waals surface area contributed by atoms with Gasteiger partial charge in [0.2, 0.25) is 5.95 Å². The number of anilines is 1. The second-order valence-electron chi connectivity index (χ2n) is 5.47. The third-order valence-electron chi connectivity index (χ3n) is 4.02. The summed E-state index contributed by atoms with van der Waals surface area (Å²) in [6.45, 7) is 4.79. The number of aromatic amines is 1. The molecule has 2 aromatic heterocycles. The highest BCUT2D eigenvalue weighted by molar-refractivity contribution is 5.73. The van der Waals surface area contributed by atoms with Gasteiger partial charge in [-0.1, -0.05) is 6.92 Å². The predicted octanol–water partition coefficient (Wildman–Crippen LogP) is -0.851. The van der Waals surface area contributed by atoms with Crippen LogP contribution in [0.3, 0.4) is 0 Å². The lowest BCUT2D eigenvalue weighted by Gasteiger charge is -2.37. The number of hydrogen-bond donors (Lipinski definition) is 2. The van der Waals surface area contributed by atoms with Crippen LogP contribution in [0.15, 0.2) is 9.59 Å². The van der Waals surface area contributed by atoms with Gasteiger partial charge in [-0.3, -0.25) is 13.9 Å². The van der Waals surface area contributed by atoms with Crippen LogP contribution in [0.2, 0.25) is 0 Å². The molecule has 0 aliphatic carbocycles. The zero-order chi connectivity index (χ0) is 15.1. The minimum absolute atomic E-state index is 0.338. The van der Waals surface area contributed by atoms with Gasteiger partial charge in [-0.2, -0.15) is 4.98 Å². The summed E-state index contributed by atoms with van der Waals surface area (Å²) in [5, 5.41) is 3.24. The number of nitrogens with one attached hydrogen (secondary N) is 2. The van der Waals surface area contributed by atoms with E-state index in [2.05, 4.69) is 27.1 Å². The molecule has 8 nitrogen and oxygen atoms in total. The maximum absolute atomic E-state index is 12.2. The van der Waals surface area contributed by atoms with E-state index in [0.717, 1.165) is 30.6 Å². The Morgan fingerprint density at radius 1 is 1.29 bits per heavy atom. The Kier molecular flexibility index (Phi) is 3.32. The van der Waals surface area contributed by atoms with Crippen molar-refractivity contribution in [1.29, 1.82) is 0 Å². The molecule has 3 heterocycles. The van der Waals surface area contributed by atoms with Crippen LogP contribution in [0.5, 0.6) is 0 Å². The second-order valence-corrected chi connectivity index (χ2v) is 5.47. The Bertz CT molecular complexity index is 782. The monoisotopic (exact) mass is 292 g/mol. The molecule has 114 valence electrons. The zero-order valence-electron chi connectivity index (χ0n) is 12.5.